The van der Waals surface area contributed by atoms with E-state index in [0.29, 0.717) is 5.92 Å². The summed E-state index contributed by atoms with van der Waals surface area (Å²) in [7, 11) is 0. The van der Waals surface area contributed by atoms with E-state index in [9.17, 15) is 5.11 Å². The molecule has 0 aliphatic carbocycles. The molecule has 1 N–H and O–H groups in total. The van der Waals surface area contributed by atoms with E-state index < -0.39 is 0 Å². The maximum Gasteiger partial charge on any atom is 0.0462 e. The zero-order valence-corrected chi connectivity index (χ0v) is 13.4. The van der Waals surface area contributed by atoms with Gasteiger partial charge < -0.3 is 5.11 Å². The number of aliphatic hydroxyl groups is 1. The Hall–Kier alpha value is -0.960. The van der Waals surface area contributed by atoms with Gasteiger partial charge in [0.05, 0.1) is 0 Å². The molecule has 0 fully saturated rings. The lowest BCUT2D eigenvalue weighted by molar-refractivity contribution is 0.212. The molecule has 0 saturated heterocycles. The fourth-order valence-electron chi connectivity index (χ4n) is 3.02. The van der Waals surface area contributed by atoms with Crippen molar-refractivity contribution in [3.05, 3.63) is 64.7 Å². The molecule has 3 heteroatoms. The van der Waals surface area contributed by atoms with E-state index in [-0.39, 0.29) is 12.5 Å². The number of hydrogen-bond donors (Lipinski definition) is 1. The van der Waals surface area contributed by atoms with Crippen LogP contribution in [0.5, 0.6) is 0 Å². The van der Waals surface area contributed by atoms with Crippen LogP contribution in [0.2, 0.25) is 5.02 Å². The largest absolute Gasteiger partial charge is 0.396 e. The molecule has 2 atom stereocenters. The predicted octanol–water partition coefficient (Wildman–Crippen LogP) is 4.77. The molecule has 1 aliphatic heterocycles. The van der Waals surface area contributed by atoms with Gasteiger partial charge in [0.2, 0.25) is 0 Å². The molecule has 21 heavy (non-hydrogen) atoms. The maximum atomic E-state index is 9.74. The minimum atomic E-state index is 0.217. The van der Waals surface area contributed by atoms with Gasteiger partial charge in [0.25, 0.3) is 0 Å². The monoisotopic (exact) mass is 318 g/mol. The van der Waals surface area contributed by atoms with Crippen molar-refractivity contribution in [1.29, 1.82) is 0 Å². The molecule has 0 bridgehead atoms. The van der Waals surface area contributed by atoms with Crippen molar-refractivity contribution < 1.29 is 5.11 Å². The predicted molar refractivity (Wildman–Crippen MR) is 90.3 cm³/mol. The van der Waals surface area contributed by atoms with Gasteiger partial charge in [-0.15, -0.1) is 11.8 Å². The van der Waals surface area contributed by atoms with E-state index in [0.717, 1.165) is 29.2 Å². The zero-order valence-electron chi connectivity index (χ0n) is 11.8. The third-order valence-corrected chi connectivity index (χ3v) is 5.76. The van der Waals surface area contributed by atoms with Gasteiger partial charge >= 0.3 is 0 Å². The molecule has 0 radical (unpaired) electrons. The molecule has 0 spiro atoms. The molecule has 1 heterocycles. The van der Waals surface area contributed by atoms with Crippen LogP contribution in [0.3, 0.4) is 0 Å². The summed E-state index contributed by atoms with van der Waals surface area (Å²) in [6.07, 6.45) is 1.87. The Morgan fingerprint density at radius 3 is 2.71 bits per heavy atom. The van der Waals surface area contributed by atoms with Crippen LogP contribution >= 0.6 is 23.4 Å². The Morgan fingerprint density at radius 2 is 1.90 bits per heavy atom. The highest BCUT2D eigenvalue weighted by Gasteiger charge is 2.25. The van der Waals surface area contributed by atoms with Crippen molar-refractivity contribution in [2.75, 3.05) is 12.4 Å². The number of rotatable bonds is 5. The number of halogens is 1. The van der Waals surface area contributed by atoms with Crippen LogP contribution in [-0.4, -0.2) is 17.5 Å². The smallest absolute Gasteiger partial charge is 0.0462 e. The SMILES string of the molecule is OCC(Cc1ccccc1Cl)CC1CSc2ccccc21. The number of thioether (sulfide) groups is 1. The van der Waals surface area contributed by atoms with Gasteiger partial charge in [-0.1, -0.05) is 48.0 Å². The van der Waals surface area contributed by atoms with E-state index in [1.54, 1.807) is 0 Å². The molecule has 2 aromatic rings. The second kappa shape index (κ2) is 6.87. The zero-order chi connectivity index (χ0) is 14.7. The quantitative estimate of drug-likeness (QED) is 0.857. The number of benzene rings is 2. The molecule has 0 amide bonds. The fraction of sp³-hybridized carbons (Fsp3) is 0.333. The lowest BCUT2D eigenvalue weighted by Gasteiger charge is -2.19. The molecule has 0 saturated carbocycles. The minimum absolute atomic E-state index is 0.217. The van der Waals surface area contributed by atoms with Crippen molar-refractivity contribution in [3.8, 4) is 0 Å². The first kappa shape index (κ1) is 15.0. The van der Waals surface area contributed by atoms with Crippen molar-refractivity contribution in [2.45, 2.75) is 23.7 Å². The van der Waals surface area contributed by atoms with E-state index in [1.807, 2.05) is 30.0 Å². The second-order valence-corrected chi connectivity index (χ2v) is 7.09. The topological polar surface area (TPSA) is 20.2 Å². The van der Waals surface area contributed by atoms with Crippen molar-refractivity contribution in [3.63, 3.8) is 0 Å². The van der Waals surface area contributed by atoms with Gasteiger partial charge in [0, 0.05) is 22.3 Å². The van der Waals surface area contributed by atoms with E-state index in [1.165, 1.54) is 10.5 Å². The molecular weight excluding hydrogens is 300 g/mol. The molecular formula is C18H19ClOS. The third kappa shape index (κ3) is 3.45. The van der Waals surface area contributed by atoms with Crippen LogP contribution in [0.25, 0.3) is 0 Å². The van der Waals surface area contributed by atoms with E-state index in [4.69, 9.17) is 11.6 Å². The Labute approximate surface area is 135 Å². The number of aliphatic hydroxyl groups excluding tert-OH is 1. The highest BCUT2D eigenvalue weighted by atomic mass is 35.5. The summed E-state index contributed by atoms with van der Waals surface area (Å²) in [6.45, 7) is 0.217. The molecule has 3 rings (SSSR count). The van der Waals surface area contributed by atoms with Gasteiger partial charge in [-0.2, -0.15) is 0 Å². The third-order valence-electron chi connectivity index (χ3n) is 4.14. The van der Waals surface area contributed by atoms with Gasteiger partial charge in [-0.3, -0.25) is 0 Å². The summed E-state index contributed by atoms with van der Waals surface area (Å²) in [5.41, 5.74) is 2.58. The fourth-order valence-corrected chi connectivity index (χ4v) is 4.51. The maximum absolute atomic E-state index is 9.74. The number of fused-ring (bicyclic) bond motifs is 1. The minimum Gasteiger partial charge on any atom is -0.396 e. The summed E-state index contributed by atoms with van der Waals surface area (Å²) >= 11 is 8.17. The van der Waals surface area contributed by atoms with Gasteiger partial charge in [0.1, 0.15) is 0 Å². The molecule has 1 aliphatic rings. The summed E-state index contributed by atoms with van der Waals surface area (Å²) in [6, 6.07) is 16.6. The highest BCUT2D eigenvalue weighted by Crippen LogP contribution is 2.42. The second-order valence-electron chi connectivity index (χ2n) is 5.63. The summed E-state index contributed by atoms with van der Waals surface area (Å²) in [4.78, 5) is 1.40. The molecule has 0 aromatic heterocycles. The van der Waals surface area contributed by atoms with Gasteiger partial charge in [0.15, 0.2) is 0 Å². The lowest BCUT2D eigenvalue weighted by atomic mass is 9.87. The summed E-state index contributed by atoms with van der Waals surface area (Å²) in [5.74, 6) is 1.94. The van der Waals surface area contributed by atoms with Gasteiger partial charge in [-0.05, 0) is 47.9 Å². The number of hydrogen-bond acceptors (Lipinski definition) is 2. The van der Waals surface area contributed by atoms with Crippen LogP contribution in [0.15, 0.2) is 53.4 Å². The molecule has 2 unspecified atom stereocenters. The normalized spacial score (nSPS) is 18.5. The molecule has 110 valence electrons. The molecule has 2 aromatic carbocycles. The standard InChI is InChI=1S/C18H19ClOS/c19-17-7-3-1-5-14(17)9-13(11-20)10-15-12-21-18-8-4-2-6-16(15)18/h1-8,13,15,20H,9-12H2. The average molecular weight is 319 g/mol. The van der Waals surface area contributed by atoms with Crippen molar-refractivity contribution in [1.82, 2.24) is 0 Å². The van der Waals surface area contributed by atoms with Crippen LogP contribution in [0, 0.1) is 5.92 Å². The first-order valence-corrected chi connectivity index (χ1v) is 8.70. The lowest BCUT2D eigenvalue weighted by Crippen LogP contribution is -2.14. The Balaban J connectivity index is 1.70. The first-order chi connectivity index (χ1) is 10.3. The molecule has 1 nitrogen and oxygen atoms in total. The van der Waals surface area contributed by atoms with Gasteiger partial charge in [-0.25, -0.2) is 0 Å². The van der Waals surface area contributed by atoms with Crippen LogP contribution < -0.4 is 0 Å². The highest BCUT2D eigenvalue weighted by molar-refractivity contribution is 7.99. The van der Waals surface area contributed by atoms with Crippen molar-refractivity contribution >= 4 is 23.4 Å². The van der Waals surface area contributed by atoms with Crippen molar-refractivity contribution in [2.24, 2.45) is 5.92 Å². The van der Waals surface area contributed by atoms with Crippen LogP contribution in [-0.2, 0) is 6.42 Å². The average Bonchev–Trinajstić information content (AvgIpc) is 2.92. The van der Waals surface area contributed by atoms with E-state index in [2.05, 4.69) is 30.3 Å². The van der Waals surface area contributed by atoms with Crippen LogP contribution in [0.1, 0.15) is 23.5 Å². The van der Waals surface area contributed by atoms with Crippen LogP contribution in [0.4, 0.5) is 0 Å². The Kier molecular flexibility index (Phi) is 4.89. The Bertz CT molecular complexity index is 614. The summed E-state index contributed by atoms with van der Waals surface area (Å²) < 4.78 is 0. The van der Waals surface area contributed by atoms with E-state index >= 15 is 0 Å². The Morgan fingerprint density at radius 1 is 1.14 bits per heavy atom. The summed E-state index contributed by atoms with van der Waals surface area (Å²) in [5, 5.41) is 10.5. The first-order valence-electron chi connectivity index (χ1n) is 7.34.